The van der Waals surface area contributed by atoms with Gasteiger partial charge in [0.2, 0.25) is 5.91 Å². The van der Waals surface area contributed by atoms with Gasteiger partial charge in [-0.05, 0) is 43.2 Å². The molecule has 1 saturated heterocycles. The SMILES string of the molecule is C=CC(=O)N1CCC[C@@H]1Cn1nc(-c2ccc(Oc3ccccc3)cc2F)c2c(N)ncnc21. The second-order valence-electron chi connectivity index (χ2n) is 8.08. The molecule has 2 N–H and O–H groups in total. The van der Waals surface area contributed by atoms with Crippen LogP contribution in [0.3, 0.4) is 0 Å². The number of nitrogens with zero attached hydrogens (tertiary/aromatic N) is 5. The first-order chi connectivity index (χ1) is 16.5. The van der Waals surface area contributed by atoms with Crippen LogP contribution < -0.4 is 10.5 Å². The minimum Gasteiger partial charge on any atom is -0.457 e. The van der Waals surface area contributed by atoms with E-state index in [0.717, 1.165) is 12.8 Å². The van der Waals surface area contributed by atoms with E-state index in [2.05, 4.69) is 21.6 Å². The molecule has 0 spiro atoms. The van der Waals surface area contributed by atoms with E-state index in [1.165, 1.54) is 18.5 Å². The molecule has 0 radical (unpaired) electrons. The summed E-state index contributed by atoms with van der Waals surface area (Å²) in [4.78, 5) is 22.5. The highest BCUT2D eigenvalue weighted by Crippen LogP contribution is 2.34. The van der Waals surface area contributed by atoms with Crippen molar-refractivity contribution in [2.45, 2.75) is 25.4 Å². The Morgan fingerprint density at radius 2 is 2.03 bits per heavy atom. The summed E-state index contributed by atoms with van der Waals surface area (Å²) in [6.07, 6.45) is 4.40. The van der Waals surface area contributed by atoms with E-state index >= 15 is 4.39 Å². The molecular formula is C25H23FN6O2. The topological polar surface area (TPSA) is 99.2 Å². The van der Waals surface area contributed by atoms with Gasteiger partial charge in [0, 0.05) is 18.2 Å². The van der Waals surface area contributed by atoms with Crippen molar-refractivity contribution in [3.05, 3.63) is 73.3 Å². The van der Waals surface area contributed by atoms with Gasteiger partial charge in [0.15, 0.2) is 5.65 Å². The molecule has 1 aliphatic heterocycles. The molecule has 0 aliphatic carbocycles. The summed E-state index contributed by atoms with van der Waals surface area (Å²) in [5.74, 6) is 0.559. The lowest BCUT2D eigenvalue weighted by Crippen LogP contribution is -2.37. The summed E-state index contributed by atoms with van der Waals surface area (Å²) in [7, 11) is 0. The Morgan fingerprint density at radius 3 is 2.79 bits per heavy atom. The number of ether oxygens (including phenoxy) is 1. The van der Waals surface area contributed by atoms with Crippen LogP contribution in [0.15, 0.2) is 67.5 Å². The monoisotopic (exact) mass is 458 g/mol. The highest BCUT2D eigenvalue weighted by atomic mass is 19.1. The Bertz CT molecular complexity index is 1370. The molecule has 3 heterocycles. The lowest BCUT2D eigenvalue weighted by atomic mass is 10.1. The van der Waals surface area contributed by atoms with Crippen LogP contribution in [-0.4, -0.2) is 43.1 Å². The Kier molecular flexibility index (Phi) is 5.67. The molecule has 0 bridgehead atoms. The first-order valence-electron chi connectivity index (χ1n) is 11.0. The van der Waals surface area contributed by atoms with Crippen LogP contribution in [0.5, 0.6) is 11.5 Å². The number of likely N-dealkylation sites (tertiary alicyclic amines) is 1. The van der Waals surface area contributed by atoms with E-state index in [4.69, 9.17) is 10.5 Å². The number of benzene rings is 2. The summed E-state index contributed by atoms with van der Waals surface area (Å²) in [5.41, 5.74) is 7.26. The molecule has 34 heavy (non-hydrogen) atoms. The van der Waals surface area contributed by atoms with Crippen molar-refractivity contribution in [2.24, 2.45) is 0 Å². The fraction of sp³-hybridized carbons (Fsp3) is 0.200. The highest BCUT2D eigenvalue weighted by Gasteiger charge is 2.29. The van der Waals surface area contributed by atoms with Crippen molar-refractivity contribution >= 4 is 22.8 Å². The molecular weight excluding hydrogens is 435 g/mol. The number of halogens is 1. The fourth-order valence-electron chi connectivity index (χ4n) is 4.35. The van der Waals surface area contributed by atoms with E-state index in [1.54, 1.807) is 33.8 Å². The molecule has 1 aliphatic rings. The van der Waals surface area contributed by atoms with E-state index in [1.807, 2.05) is 18.2 Å². The zero-order valence-corrected chi connectivity index (χ0v) is 18.4. The molecule has 0 saturated carbocycles. The average Bonchev–Trinajstić information content (AvgIpc) is 3.45. The quantitative estimate of drug-likeness (QED) is 0.435. The minimum absolute atomic E-state index is 0.0656. The first-order valence-corrected chi connectivity index (χ1v) is 11.0. The predicted molar refractivity (Wildman–Crippen MR) is 127 cm³/mol. The van der Waals surface area contributed by atoms with Crippen LogP contribution in [0.25, 0.3) is 22.3 Å². The van der Waals surface area contributed by atoms with Gasteiger partial charge in [-0.15, -0.1) is 0 Å². The maximum Gasteiger partial charge on any atom is 0.246 e. The number of carbonyl (C=O) groups is 1. The van der Waals surface area contributed by atoms with Gasteiger partial charge < -0.3 is 15.4 Å². The molecule has 4 aromatic rings. The van der Waals surface area contributed by atoms with Crippen molar-refractivity contribution in [1.82, 2.24) is 24.6 Å². The second-order valence-corrected chi connectivity index (χ2v) is 8.08. The number of carbonyl (C=O) groups excluding carboxylic acids is 1. The van der Waals surface area contributed by atoms with Crippen LogP contribution in [0.1, 0.15) is 12.8 Å². The number of nitrogens with two attached hydrogens (primary N) is 1. The van der Waals surface area contributed by atoms with Gasteiger partial charge in [-0.3, -0.25) is 4.79 Å². The normalized spacial score (nSPS) is 15.6. The molecule has 8 nitrogen and oxygen atoms in total. The van der Waals surface area contributed by atoms with Gasteiger partial charge in [-0.1, -0.05) is 24.8 Å². The van der Waals surface area contributed by atoms with Gasteiger partial charge >= 0.3 is 0 Å². The smallest absolute Gasteiger partial charge is 0.246 e. The predicted octanol–water partition coefficient (Wildman–Crippen LogP) is 4.18. The number of hydrogen-bond acceptors (Lipinski definition) is 6. The Balaban J connectivity index is 1.52. The lowest BCUT2D eigenvalue weighted by Gasteiger charge is -2.23. The van der Waals surface area contributed by atoms with Crippen LogP contribution in [0.2, 0.25) is 0 Å². The number of fused-ring (bicyclic) bond motifs is 1. The molecule has 172 valence electrons. The summed E-state index contributed by atoms with van der Waals surface area (Å²) in [5, 5.41) is 5.14. The van der Waals surface area contributed by atoms with E-state index in [-0.39, 0.29) is 23.3 Å². The van der Waals surface area contributed by atoms with Crippen LogP contribution in [-0.2, 0) is 11.3 Å². The summed E-state index contributed by atoms with van der Waals surface area (Å²) in [6, 6.07) is 13.7. The zero-order valence-electron chi connectivity index (χ0n) is 18.4. The molecule has 5 rings (SSSR count). The number of para-hydroxylation sites is 1. The van der Waals surface area contributed by atoms with Crippen LogP contribution in [0, 0.1) is 5.82 Å². The highest BCUT2D eigenvalue weighted by molar-refractivity contribution is 5.98. The summed E-state index contributed by atoms with van der Waals surface area (Å²) >= 11 is 0. The molecule has 9 heteroatoms. The summed E-state index contributed by atoms with van der Waals surface area (Å²) < 4.78 is 22.7. The minimum atomic E-state index is -0.507. The number of rotatable bonds is 6. The average molecular weight is 458 g/mol. The number of amides is 1. The van der Waals surface area contributed by atoms with E-state index in [9.17, 15) is 4.79 Å². The number of aromatic nitrogens is 4. The Labute approximate surface area is 195 Å². The van der Waals surface area contributed by atoms with Crippen molar-refractivity contribution in [2.75, 3.05) is 12.3 Å². The number of anilines is 1. The van der Waals surface area contributed by atoms with Gasteiger partial charge in [0.05, 0.1) is 18.0 Å². The Morgan fingerprint density at radius 1 is 1.21 bits per heavy atom. The molecule has 2 aromatic carbocycles. The third-order valence-electron chi connectivity index (χ3n) is 5.95. The van der Waals surface area contributed by atoms with E-state index in [0.29, 0.717) is 41.3 Å². The maximum atomic E-state index is 15.3. The largest absolute Gasteiger partial charge is 0.457 e. The molecule has 1 fully saturated rings. The molecule has 0 unspecified atom stereocenters. The van der Waals surface area contributed by atoms with Gasteiger partial charge in [-0.25, -0.2) is 19.0 Å². The van der Waals surface area contributed by atoms with Crippen LogP contribution >= 0.6 is 0 Å². The van der Waals surface area contributed by atoms with Crippen molar-refractivity contribution < 1.29 is 13.9 Å². The number of nitrogen functional groups attached to an aromatic ring is 1. The lowest BCUT2D eigenvalue weighted by molar-refractivity contribution is -0.127. The van der Waals surface area contributed by atoms with Gasteiger partial charge in [0.1, 0.15) is 35.2 Å². The van der Waals surface area contributed by atoms with Gasteiger partial charge in [-0.2, -0.15) is 5.10 Å². The third kappa shape index (κ3) is 3.96. The number of hydrogen-bond donors (Lipinski definition) is 1. The molecule has 1 amide bonds. The fourth-order valence-corrected chi connectivity index (χ4v) is 4.35. The molecule has 2 aromatic heterocycles. The maximum absolute atomic E-state index is 15.3. The van der Waals surface area contributed by atoms with E-state index < -0.39 is 5.82 Å². The third-order valence-corrected chi connectivity index (χ3v) is 5.95. The van der Waals surface area contributed by atoms with Crippen LogP contribution in [0.4, 0.5) is 10.2 Å². The van der Waals surface area contributed by atoms with Crippen molar-refractivity contribution in [3.63, 3.8) is 0 Å². The van der Waals surface area contributed by atoms with Crippen molar-refractivity contribution in [3.8, 4) is 22.8 Å². The summed E-state index contributed by atoms with van der Waals surface area (Å²) in [6.45, 7) is 4.66. The standard InChI is InChI=1S/C25H23FN6O2/c1-2-21(33)31-12-6-7-16(31)14-32-25-22(24(27)28-15-29-25)23(30-32)19-11-10-18(13-20(19)26)34-17-8-4-3-5-9-17/h2-5,8-11,13,15-16H,1,6-7,12,14H2,(H2,27,28,29)/t16-/m1/s1. The Hall–Kier alpha value is -4.27. The molecule has 1 atom stereocenters. The zero-order chi connectivity index (χ0) is 23.7. The first kappa shape index (κ1) is 21.6. The van der Waals surface area contributed by atoms with Crippen molar-refractivity contribution in [1.29, 1.82) is 0 Å². The second kappa shape index (κ2) is 8.93. The van der Waals surface area contributed by atoms with Gasteiger partial charge in [0.25, 0.3) is 0 Å².